The van der Waals surface area contributed by atoms with Crippen LogP contribution in [0.2, 0.25) is 0 Å². The van der Waals surface area contributed by atoms with Gasteiger partial charge >= 0.3 is 0 Å². The second-order valence-corrected chi connectivity index (χ2v) is 4.31. The Morgan fingerprint density at radius 2 is 2.47 bits per heavy atom. The summed E-state index contributed by atoms with van der Waals surface area (Å²) in [5, 5.41) is 5.88. The van der Waals surface area contributed by atoms with Crippen LogP contribution in [-0.4, -0.2) is 16.2 Å². The average Bonchev–Trinajstić information content (AvgIpc) is 2.85. The molecule has 0 aliphatic heterocycles. The maximum Gasteiger partial charge on any atom is 0.267 e. The van der Waals surface area contributed by atoms with Crippen LogP contribution < -0.4 is 5.73 Å². The monoisotopic (exact) mass is 223 g/mol. The number of hydrogen-bond donors (Lipinski definition) is 1. The molecule has 0 saturated heterocycles. The fourth-order valence-electron chi connectivity index (χ4n) is 1.22. The van der Waals surface area contributed by atoms with E-state index in [1.54, 1.807) is 11.3 Å². The van der Waals surface area contributed by atoms with Gasteiger partial charge in [-0.3, -0.25) is 0 Å². The summed E-state index contributed by atoms with van der Waals surface area (Å²) in [6, 6.07) is 4.03. The van der Waals surface area contributed by atoms with Crippen molar-refractivity contribution in [3.05, 3.63) is 23.3 Å². The molecule has 1 atom stereocenters. The van der Waals surface area contributed by atoms with Crippen LogP contribution >= 0.6 is 11.3 Å². The summed E-state index contributed by atoms with van der Waals surface area (Å²) in [5.74, 6) is 1.27. The normalized spacial score (nSPS) is 12.9. The Morgan fingerprint density at radius 3 is 3.13 bits per heavy atom. The van der Waals surface area contributed by atoms with E-state index in [1.165, 1.54) is 0 Å². The second-order valence-electron chi connectivity index (χ2n) is 3.37. The zero-order chi connectivity index (χ0) is 10.7. The van der Waals surface area contributed by atoms with Gasteiger partial charge in [0.15, 0.2) is 5.82 Å². The Labute approximate surface area is 92.1 Å². The Morgan fingerprint density at radius 1 is 1.60 bits per heavy atom. The minimum Gasteiger partial charge on any atom is -0.333 e. The van der Waals surface area contributed by atoms with Crippen molar-refractivity contribution in [2.75, 3.05) is 0 Å². The highest BCUT2D eigenvalue weighted by Gasteiger charge is 2.11. The molecule has 0 bridgehead atoms. The lowest BCUT2D eigenvalue weighted by Crippen LogP contribution is -2.21. The third-order valence-corrected chi connectivity index (χ3v) is 3.03. The van der Waals surface area contributed by atoms with Crippen LogP contribution in [0.5, 0.6) is 0 Å². The molecule has 80 valence electrons. The number of nitrogens with zero attached hydrogens (tertiary/aromatic N) is 2. The fraction of sp³-hybridized carbons (Fsp3) is 0.400. The van der Waals surface area contributed by atoms with Gasteiger partial charge in [0.1, 0.15) is 0 Å². The molecule has 2 rings (SSSR count). The standard InChI is InChI=1S/C10H13N3OS/c1-2-7(11)6-9-12-10(14-13-9)8-4-3-5-15-8/h3-5,7H,2,6,11H2,1H3. The van der Waals surface area contributed by atoms with Crippen molar-refractivity contribution in [1.82, 2.24) is 10.1 Å². The van der Waals surface area contributed by atoms with E-state index >= 15 is 0 Å². The Bertz CT molecular complexity index is 410. The van der Waals surface area contributed by atoms with Crippen molar-refractivity contribution in [1.29, 1.82) is 0 Å². The molecule has 0 radical (unpaired) electrons. The van der Waals surface area contributed by atoms with E-state index in [0.29, 0.717) is 18.1 Å². The molecule has 2 heterocycles. The maximum atomic E-state index is 5.81. The highest BCUT2D eigenvalue weighted by molar-refractivity contribution is 7.13. The quantitative estimate of drug-likeness (QED) is 0.861. The first-order valence-corrected chi connectivity index (χ1v) is 5.79. The fourth-order valence-corrected chi connectivity index (χ4v) is 1.86. The van der Waals surface area contributed by atoms with E-state index < -0.39 is 0 Å². The van der Waals surface area contributed by atoms with Gasteiger partial charge in [0.2, 0.25) is 0 Å². The van der Waals surface area contributed by atoms with Gasteiger partial charge in [-0.05, 0) is 17.9 Å². The Hall–Kier alpha value is -1.20. The van der Waals surface area contributed by atoms with Gasteiger partial charge in [-0.15, -0.1) is 11.3 Å². The summed E-state index contributed by atoms with van der Waals surface area (Å²) < 4.78 is 5.15. The molecular weight excluding hydrogens is 210 g/mol. The van der Waals surface area contributed by atoms with Crippen molar-refractivity contribution < 1.29 is 4.52 Å². The first kappa shape index (κ1) is 10.3. The molecule has 2 aromatic rings. The van der Waals surface area contributed by atoms with E-state index in [2.05, 4.69) is 10.1 Å². The van der Waals surface area contributed by atoms with Gasteiger partial charge in [-0.1, -0.05) is 18.1 Å². The predicted molar refractivity (Wildman–Crippen MR) is 59.6 cm³/mol. The molecular formula is C10H13N3OS. The third-order valence-electron chi connectivity index (χ3n) is 2.17. The number of nitrogens with two attached hydrogens (primary N) is 1. The van der Waals surface area contributed by atoms with Crippen molar-refractivity contribution in [2.24, 2.45) is 5.73 Å². The summed E-state index contributed by atoms with van der Waals surface area (Å²) in [4.78, 5) is 5.29. The number of thiophene rings is 1. The minimum absolute atomic E-state index is 0.110. The first-order valence-electron chi connectivity index (χ1n) is 4.91. The summed E-state index contributed by atoms with van der Waals surface area (Å²) >= 11 is 1.59. The maximum absolute atomic E-state index is 5.81. The predicted octanol–water partition coefficient (Wildman–Crippen LogP) is 2.08. The van der Waals surface area contributed by atoms with Crippen LogP contribution in [0.25, 0.3) is 10.8 Å². The van der Waals surface area contributed by atoms with Gasteiger partial charge in [-0.2, -0.15) is 4.98 Å². The number of hydrogen-bond acceptors (Lipinski definition) is 5. The average molecular weight is 223 g/mol. The van der Waals surface area contributed by atoms with Gasteiger partial charge in [0.25, 0.3) is 5.89 Å². The van der Waals surface area contributed by atoms with Crippen molar-refractivity contribution in [2.45, 2.75) is 25.8 Å². The van der Waals surface area contributed by atoms with Crippen LogP contribution in [0, 0.1) is 0 Å². The number of rotatable bonds is 4. The van der Waals surface area contributed by atoms with E-state index in [1.807, 2.05) is 24.4 Å². The molecule has 15 heavy (non-hydrogen) atoms. The summed E-state index contributed by atoms with van der Waals surface area (Å²) in [7, 11) is 0. The van der Waals surface area contributed by atoms with Crippen molar-refractivity contribution in [3.8, 4) is 10.8 Å². The molecule has 0 saturated carbocycles. The van der Waals surface area contributed by atoms with Gasteiger partial charge in [-0.25, -0.2) is 0 Å². The summed E-state index contributed by atoms with van der Waals surface area (Å²) in [5.41, 5.74) is 5.81. The SMILES string of the molecule is CCC(N)Cc1noc(-c2cccs2)n1. The molecule has 0 aromatic carbocycles. The molecule has 0 spiro atoms. The Kier molecular flexibility index (Phi) is 3.13. The topological polar surface area (TPSA) is 64.9 Å². The lowest BCUT2D eigenvalue weighted by molar-refractivity contribution is 0.420. The van der Waals surface area contributed by atoms with Crippen LogP contribution in [0.15, 0.2) is 22.0 Å². The number of aromatic nitrogens is 2. The lowest BCUT2D eigenvalue weighted by atomic mass is 10.2. The van der Waals surface area contributed by atoms with E-state index in [0.717, 1.165) is 11.3 Å². The molecule has 1 unspecified atom stereocenters. The van der Waals surface area contributed by atoms with Gasteiger partial charge in [0, 0.05) is 12.5 Å². The minimum atomic E-state index is 0.110. The molecule has 4 nitrogen and oxygen atoms in total. The van der Waals surface area contributed by atoms with E-state index in [4.69, 9.17) is 10.3 Å². The van der Waals surface area contributed by atoms with Crippen LogP contribution in [0.1, 0.15) is 19.2 Å². The lowest BCUT2D eigenvalue weighted by Gasteiger charge is -2.02. The third kappa shape index (κ3) is 2.43. The smallest absolute Gasteiger partial charge is 0.267 e. The highest BCUT2D eigenvalue weighted by Crippen LogP contribution is 2.22. The highest BCUT2D eigenvalue weighted by atomic mass is 32.1. The van der Waals surface area contributed by atoms with Gasteiger partial charge in [0.05, 0.1) is 4.88 Å². The van der Waals surface area contributed by atoms with Crippen LogP contribution in [0.3, 0.4) is 0 Å². The van der Waals surface area contributed by atoms with Crippen molar-refractivity contribution >= 4 is 11.3 Å². The zero-order valence-electron chi connectivity index (χ0n) is 8.51. The molecule has 0 aliphatic carbocycles. The van der Waals surface area contributed by atoms with E-state index in [-0.39, 0.29) is 6.04 Å². The molecule has 2 aromatic heterocycles. The van der Waals surface area contributed by atoms with Crippen molar-refractivity contribution in [3.63, 3.8) is 0 Å². The molecule has 0 amide bonds. The largest absolute Gasteiger partial charge is 0.333 e. The molecule has 0 aliphatic rings. The summed E-state index contributed by atoms with van der Waals surface area (Å²) in [6.45, 7) is 2.05. The second kappa shape index (κ2) is 4.55. The summed E-state index contributed by atoms with van der Waals surface area (Å²) in [6.07, 6.45) is 1.59. The van der Waals surface area contributed by atoms with Crippen LogP contribution in [-0.2, 0) is 6.42 Å². The van der Waals surface area contributed by atoms with E-state index in [9.17, 15) is 0 Å². The molecule has 5 heteroatoms. The molecule has 2 N–H and O–H groups in total. The zero-order valence-corrected chi connectivity index (χ0v) is 9.33. The van der Waals surface area contributed by atoms with Crippen LogP contribution in [0.4, 0.5) is 0 Å². The van der Waals surface area contributed by atoms with Gasteiger partial charge < -0.3 is 10.3 Å². The first-order chi connectivity index (χ1) is 7.29. The Balaban J connectivity index is 2.11. The molecule has 0 fully saturated rings.